The fraction of sp³-hybridized carbons (Fsp3) is 0.867. The first-order valence-corrected chi connectivity index (χ1v) is 7.86. The van der Waals surface area contributed by atoms with Gasteiger partial charge in [0.15, 0.2) is 0 Å². The molecule has 124 valence electrons. The molecular weight excluding hydrogens is 272 g/mol. The number of ether oxygens (including phenoxy) is 2. The summed E-state index contributed by atoms with van der Waals surface area (Å²) in [5.74, 6) is -0.360. The molecule has 0 radical (unpaired) electrons. The summed E-state index contributed by atoms with van der Waals surface area (Å²) in [6.45, 7) is 6.46. The number of hydrogen-bond donors (Lipinski definition) is 1. The predicted octanol–water partition coefficient (Wildman–Crippen LogP) is 1.32. The summed E-state index contributed by atoms with van der Waals surface area (Å²) >= 11 is 0. The molecule has 0 aliphatic rings. The van der Waals surface area contributed by atoms with Gasteiger partial charge in [-0.1, -0.05) is 6.42 Å². The third-order valence-corrected chi connectivity index (χ3v) is 2.99. The van der Waals surface area contributed by atoms with Crippen molar-refractivity contribution in [3.05, 3.63) is 0 Å². The van der Waals surface area contributed by atoms with Crippen LogP contribution in [-0.2, 0) is 19.1 Å². The standard InChI is InChI=1S/C15H30N2O4/c1-3-20-12-8-11-17(13-15(19)21-4-2)14(18)9-6-5-7-10-16/h3-13,16H2,1-2H3. The van der Waals surface area contributed by atoms with E-state index >= 15 is 0 Å². The molecule has 0 unspecified atom stereocenters. The summed E-state index contributed by atoms with van der Waals surface area (Å²) in [6, 6.07) is 0. The van der Waals surface area contributed by atoms with Crippen LogP contribution in [0.25, 0.3) is 0 Å². The number of rotatable bonds is 13. The Balaban J connectivity index is 4.20. The summed E-state index contributed by atoms with van der Waals surface area (Å²) in [7, 11) is 0. The molecule has 6 nitrogen and oxygen atoms in total. The Labute approximate surface area is 127 Å². The Morgan fingerprint density at radius 1 is 1.05 bits per heavy atom. The molecule has 0 aromatic carbocycles. The molecule has 0 atom stereocenters. The van der Waals surface area contributed by atoms with Crippen molar-refractivity contribution in [2.45, 2.75) is 46.0 Å². The van der Waals surface area contributed by atoms with Crippen molar-refractivity contribution in [1.82, 2.24) is 4.90 Å². The second kappa shape index (κ2) is 13.8. The van der Waals surface area contributed by atoms with Crippen molar-refractivity contribution in [2.75, 3.05) is 39.5 Å². The van der Waals surface area contributed by atoms with Crippen LogP contribution in [-0.4, -0.2) is 56.2 Å². The summed E-state index contributed by atoms with van der Waals surface area (Å²) < 4.78 is 10.2. The van der Waals surface area contributed by atoms with Gasteiger partial charge < -0.3 is 20.1 Å². The van der Waals surface area contributed by atoms with E-state index in [1.54, 1.807) is 11.8 Å². The predicted molar refractivity (Wildman–Crippen MR) is 81.8 cm³/mol. The van der Waals surface area contributed by atoms with Crippen molar-refractivity contribution in [2.24, 2.45) is 5.73 Å². The number of nitrogens with two attached hydrogens (primary N) is 1. The number of esters is 1. The number of nitrogens with zero attached hydrogens (tertiary/aromatic N) is 1. The lowest BCUT2D eigenvalue weighted by Gasteiger charge is -2.21. The molecule has 0 fully saturated rings. The van der Waals surface area contributed by atoms with Gasteiger partial charge in [-0.15, -0.1) is 0 Å². The molecule has 0 saturated carbocycles. The first-order chi connectivity index (χ1) is 10.2. The third kappa shape index (κ3) is 11.2. The molecule has 6 heteroatoms. The van der Waals surface area contributed by atoms with E-state index in [1.807, 2.05) is 6.92 Å². The van der Waals surface area contributed by atoms with Gasteiger partial charge in [0.2, 0.25) is 5.91 Å². The minimum absolute atomic E-state index is 0.00317. The quantitative estimate of drug-likeness (QED) is 0.410. The van der Waals surface area contributed by atoms with Gasteiger partial charge in [-0.05, 0) is 39.7 Å². The van der Waals surface area contributed by atoms with E-state index in [4.69, 9.17) is 15.2 Å². The molecule has 0 saturated heterocycles. The van der Waals surface area contributed by atoms with Crippen LogP contribution < -0.4 is 5.73 Å². The maximum absolute atomic E-state index is 12.2. The Bertz CT molecular complexity index is 285. The summed E-state index contributed by atoms with van der Waals surface area (Å²) in [4.78, 5) is 25.3. The minimum atomic E-state index is -0.357. The van der Waals surface area contributed by atoms with Gasteiger partial charge in [0.1, 0.15) is 6.54 Å². The van der Waals surface area contributed by atoms with Gasteiger partial charge in [-0.25, -0.2) is 0 Å². The van der Waals surface area contributed by atoms with E-state index < -0.39 is 0 Å². The van der Waals surface area contributed by atoms with Crippen LogP contribution in [0.2, 0.25) is 0 Å². The zero-order chi connectivity index (χ0) is 15.9. The number of unbranched alkanes of at least 4 members (excludes halogenated alkanes) is 2. The average molecular weight is 302 g/mol. The van der Waals surface area contributed by atoms with Gasteiger partial charge in [0, 0.05) is 26.2 Å². The molecule has 0 rings (SSSR count). The van der Waals surface area contributed by atoms with Gasteiger partial charge in [0.25, 0.3) is 0 Å². The Morgan fingerprint density at radius 2 is 1.81 bits per heavy atom. The molecule has 0 aromatic heterocycles. The minimum Gasteiger partial charge on any atom is -0.465 e. The molecule has 0 spiro atoms. The Morgan fingerprint density at radius 3 is 2.43 bits per heavy atom. The van der Waals surface area contributed by atoms with Crippen molar-refractivity contribution in [3.63, 3.8) is 0 Å². The maximum Gasteiger partial charge on any atom is 0.325 e. The monoisotopic (exact) mass is 302 g/mol. The molecule has 0 heterocycles. The van der Waals surface area contributed by atoms with Crippen LogP contribution in [0, 0.1) is 0 Å². The molecule has 21 heavy (non-hydrogen) atoms. The molecular formula is C15H30N2O4. The SMILES string of the molecule is CCOCCCN(CC(=O)OCC)C(=O)CCCCCN. The zero-order valence-electron chi connectivity index (χ0n) is 13.4. The fourth-order valence-electron chi connectivity index (χ4n) is 1.91. The number of carbonyl (C=O) groups excluding carboxylic acids is 2. The van der Waals surface area contributed by atoms with Crippen LogP contribution in [0.4, 0.5) is 0 Å². The highest BCUT2D eigenvalue weighted by Gasteiger charge is 2.17. The van der Waals surface area contributed by atoms with Crippen LogP contribution in [0.1, 0.15) is 46.0 Å². The van der Waals surface area contributed by atoms with E-state index in [9.17, 15) is 9.59 Å². The van der Waals surface area contributed by atoms with Gasteiger partial charge in [0.05, 0.1) is 6.61 Å². The summed E-state index contributed by atoms with van der Waals surface area (Å²) in [5, 5.41) is 0. The van der Waals surface area contributed by atoms with Crippen molar-refractivity contribution >= 4 is 11.9 Å². The molecule has 0 aliphatic carbocycles. The molecule has 1 amide bonds. The van der Waals surface area contributed by atoms with Gasteiger partial charge in [-0.2, -0.15) is 0 Å². The van der Waals surface area contributed by atoms with Crippen LogP contribution >= 0.6 is 0 Å². The van der Waals surface area contributed by atoms with Crippen molar-refractivity contribution in [3.8, 4) is 0 Å². The van der Waals surface area contributed by atoms with Gasteiger partial charge in [-0.3, -0.25) is 9.59 Å². The molecule has 0 aromatic rings. The summed E-state index contributed by atoms with van der Waals surface area (Å²) in [6.07, 6.45) is 3.85. The van der Waals surface area contributed by atoms with Crippen LogP contribution in [0.3, 0.4) is 0 Å². The van der Waals surface area contributed by atoms with E-state index in [1.165, 1.54) is 0 Å². The summed E-state index contributed by atoms with van der Waals surface area (Å²) in [5.41, 5.74) is 5.43. The topological polar surface area (TPSA) is 81.9 Å². The second-order valence-electron chi connectivity index (χ2n) is 4.77. The fourth-order valence-corrected chi connectivity index (χ4v) is 1.91. The second-order valence-corrected chi connectivity index (χ2v) is 4.77. The zero-order valence-corrected chi connectivity index (χ0v) is 13.4. The highest BCUT2D eigenvalue weighted by molar-refractivity contribution is 5.82. The first kappa shape index (κ1) is 19.9. The Hall–Kier alpha value is -1.14. The average Bonchev–Trinajstić information content (AvgIpc) is 2.47. The normalized spacial score (nSPS) is 10.4. The number of amides is 1. The van der Waals surface area contributed by atoms with Crippen LogP contribution in [0.5, 0.6) is 0 Å². The molecule has 0 bridgehead atoms. The van der Waals surface area contributed by atoms with Crippen LogP contribution in [0.15, 0.2) is 0 Å². The van der Waals surface area contributed by atoms with Gasteiger partial charge >= 0.3 is 5.97 Å². The molecule has 2 N–H and O–H groups in total. The molecule has 0 aliphatic heterocycles. The largest absolute Gasteiger partial charge is 0.465 e. The number of hydrogen-bond acceptors (Lipinski definition) is 5. The third-order valence-electron chi connectivity index (χ3n) is 2.99. The van der Waals surface area contributed by atoms with E-state index in [0.29, 0.717) is 39.3 Å². The lowest BCUT2D eigenvalue weighted by Crippen LogP contribution is -2.37. The number of carbonyl (C=O) groups is 2. The lowest BCUT2D eigenvalue weighted by molar-refractivity contribution is -0.149. The maximum atomic E-state index is 12.2. The highest BCUT2D eigenvalue weighted by Crippen LogP contribution is 2.05. The Kier molecular flexibility index (Phi) is 13.1. The highest BCUT2D eigenvalue weighted by atomic mass is 16.5. The van der Waals surface area contributed by atoms with Crippen molar-refractivity contribution in [1.29, 1.82) is 0 Å². The van der Waals surface area contributed by atoms with E-state index in [-0.39, 0.29) is 18.4 Å². The van der Waals surface area contributed by atoms with E-state index in [0.717, 1.165) is 25.7 Å². The van der Waals surface area contributed by atoms with Crippen molar-refractivity contribution < 1.29 is 19.1 Å². The smallest absolute Gasteiger partial charge is 0.325 e. The first-order valence-electron chi connectivity index (χ1n) is 7.86. The lowest BCUT2D eigenvalue weighted by atomic mass is 10.1. The van der Waals surface area contributed by atoms with E-state index in [2.05, 4.69) is 0 Å².